The Morgan fingerprint density at radius 2 is 1.71 bits per heavy atom. The fourth-order valence-corrected chi connectivity index (χ4v) is 3.90. The van der Waals surface area contributed by atoms with Gasteiger partial charge in [-0.2, -0.15) is 0 Å². The fraction of sp³-hybridized carbons (Fsp3) is 1.00. The molecule has 0 heteroatoms. The van der Waals surface area contributed by atoms with Gasteiger partial charge in [-0.25, -0.2) is 0 Å². The Morgan fingerprint density at radius 3 is 2.57 bits per heavy atom. The average Bonchev–Trinajstić information content (AvgIpc) is 2.26. The molecular formula is C14H26. The minimum atomic E-state index is 1.12. The molecule has 82 valence electrons. The summed E-state index contributed by atoms with van der Waals surface area (Å²) in [6.07, 6.45) is 15.3. The molecule has 0 aromatic heterocycles. The summed E-state index contributed by atoms with van der Waals surface area (Å²) in [7, 11) is 0. The van der Waals surface area contributed by atoms with E-state index < -0.39 is 0 Å². The molecule has 0 N–H and O–H groups in total. The Hall–Kier alpha value is 0. The first-order valence-corrected chi connectivity index (χ1v) is 6.92. The predicted molar refractivity (Wildman–Crippen MR) is 62.3 cm³/mol. The summed E-state index contributed by atoms with van der Waals surface area (Å²) < 4.78 is 0. The van der Waals surface area contributed by atoms with Gasteiger partial charge in [0, 0.05) is 0 Å². The van der Waals surface area contributed by atoms with Crippen LogP contribution in [0.1, 0.15) is 71.1 Å². The highest BCUT2D eigenvalue weighted by molar-refractivity contribution is 4.84. The second kappa shape index (κ2) is 5.19. The number of hydrogen-bond donors (Lipinski definition) is 0. The van der Waals surface area contributed by atoms with Crippen molar-refractivity contribution in [2.75, 3.05) is 0 Å². The lowest BCUT2D eigenvalue weighted by molar-refractivity contribution is 0.0965. The van der Waals surface area contributed by atoms with Crippen molar-refractivity contribution in [1.29, 1.82) is 0 Å². The molecule has 14 heavy (non-hydrogen) atoms. The fourth-order valence-electron chi connectivity index (χ4n) is 3.90. The number of fused-ring (bicyclic) bond motifs is 1. The molecule has 2 fully saturated rings. The Kier molecular flexibility index (Phi) is 3.89. The van der Waals surface area contributed by atoms with E-state index >= 15 is 0 Å². The summed E-state index contributed by atoms with van der Waals surface area (Å²) in [6.45, 7) is 2.33. The molecule has 0 radical (unpaired) electrons. The quantitative estimate of drug-likeness (QED) is 0.606. The zero-order valence-electron chi connectivity index (χ0n) is 9.80. The highest BCUT2D eigenvalue weighted by Gasteiger charge is 2.33. The molecule has 2 saturated carbocycles. The predicted octanol–water partition coefficient (Wildman–Crippen LogP) is 4.78. The lowest BCUT2D eigenvalue weighted by Crippen LogP contribution is -2.30. The molecule has 0 unspecified atom stereocenters. The molecule has 2 rings (SSSR count). The van der Waals surface area contributed by atoms with Gasteiger partial charge in [-0.15, -0.1) is 0 Å². The molecule has 0 spiro atoms. The van der Waals surface area contributed by atoms with Gasteiger partial charge in [-0.3, -0.25) is 0 Å². The maximum atomic E-state index is 2.33. The zero-order chi connectivity index (χ0) is 9.80. The third kappa shape index (κ3) is 2.32. The van der Waals surface area contributed by atoms with E-state index in [2.05, 4.69) is 6.92 Å². The highest BCUT2D eigenvalue weighted by atomic mass is 14.4. The normalized spacial score (nSPS) is 37.9. The van der Waals surface area contributed by atoms with E-state index in [0.717, 1.165) is 17.8 Å². The Morgan fingerprint density at radius 1 is 0.929 bits per heavy atom. The van der Waals surface area contributed by atoms with Crippen LogP contribution < -0.4 is 0 Å². The molecule has 0 bridgehead atoms. The smallest absolute Gasteiger partial charge is 0.0357 e. The van der Waals surface area contributed by atoms with Gasteiger partial charge >= 0.3 is 0 Å². The van der Waals surface area contributed by atoms with Crippen LogP contribution in [0.5, 0.6) is 0 Å². The van der Waals surface area contributed by atoms with Gasteiger partial charge in [-0.05, 0) is 24.2 Å². The molecule has 0 amide bonds. The van der Waals surface area contributed by atoms with E-state index in [9.17, 15) is 0 Å². The zero-order valence-corrected chi connectivity index (χ0v) is 9.80. The summed E-state index contributed by atoms with van der Waals surface area (Å²) in [6, 6.07) is 0. The van der Waals surface area contributed by atoms with Crippen LogP contribution in [0.25, 0.3) is 0 Å². The van der Waals surface area contributed by atoms with Gasteiger partial charge in [0.25, 0.3) is 0 Å². The maximum Gasteiger partial charge on any atom is -0.0357 e. The number of rotatable bonds is 3. The molecule has 0 nitrogen and oxygen atoms in total. The van der Waals surface area contributed by atoms with Crippen LogP contribution >= 0.6 is 0 Å². The van der Waals surface area contributed by atoms with Crippen LogP contribution in [0.15, 0.2) is 0 Å². The molecule has 2 aliphatic carbocycles. The molecule has 0 saturated heterocycles. The summed E-state index contributed by atoms with van der Waals surface area (Å²) in [5, 5.41) is 0. The molecule has 0 heterocycles. The Bertz CT molecular complexity index is 159. The van der Waals surface area contributed by atoms with E-state index in [-0.39, 0.29) is 0 Å². The number of hydrogen-bond acceptors (Lipinski definition) is 0. The van der Waals surface area contributed by atoms with Crippen molar-refractivity contribution in [1.82, 2.24) is 0 Å². The second-order valence-electron chi connectivity index (χ2n) is 5.54. The monoisotopic (exact) mass is 194 g/mol. The first kappa shape index (κ1) is 10.5. The van der Waals surface area contributed by atoms with E-state index in [0.29, 0.717) is 0 Å². The van der Waals surface area contributed by atoms with E-state index in [1.807, 2.05) is 0 Å². The van der Waals surface area contributed by atoms with Crippen molar-refractivity contribution in [3.8, 4) is 0 Å². The summed E-state index contributed by atoms with van der Waals surface area (Å²) >= 11 is 0. The molecule has 0 aromatic carbocycles. The largest absolute Gasteiger partial charge is 0.0654 e. The Labute approximate surface area is 89.5 Å². The van der Waals surface area contributed by atoms with Crippen LogP contribution in [-0.4, -0.2) is 0 Å². The van der Waals surface area contributed by atoms with Crippen molar-refractivity contribution in [3.63, 3.8) is 0 Å². The van der Waals surface area contributed by atoms with Gasteiger partial charge in [0.05, 0.1) is 0 Å². The van der Waals surface area contributed by atoms with Crippen LogP contribution in [0, 0.1) is 17.8 Å². The van der Waals surface area contributed by atoms with Crippen LogP contribution in [0.3, 0.4) is 0 Å². The maximum absolute atomic E-state index is 2.33. The van der Waals surface area contributed by atoms with Gasteiger partial charge in [0.15, 0.2) is 0 Å². The second-order valence-corrected chi connectivity index (χ2v) is 5.54. The molecule has 2 aliphatic rings. The van der Waals surface area contributed by atoms with Crippen LogP contribution in [0.2, 0.25) is 0 Å². The van der Waals surface area contributed by atoms with Crippen LogP contribution in [-0.2, 0) is 0 Å². The Balaban J connectivity index is 1.88. The van der Waals surface area contributed by atoms with Crippen molar-refractivity contribution < 1.29 is 0 Å². The average molecular weight is 194 g/mol. The van der Waals surface area contributed by atoms with Gasteiger partial charge in [0.2, 0.25) is 0 Å². The van der Waals surface area contributed by atoms with E-state index in [1.54, 1.807) is 25.7 Å². The van der Waals surface area contributed by atoms with Gasteiger partial charge in [-0.1, -0.05) is 64.7 Å². The van der Waals surface area contributed by atoms with Crippen LogP contribution in [0.4, 0.5) is 0 Å². The lowest BCUT2D eigenvalue weighted by Gasteiger charge is -2.41. The topological polar surface area (TPSA) is 0 Å². The number of unbranched alkanes of at least 4 members (excludes halogenated alkanes) is 1. The van der Waals surface area contributed by atoms with E-state index in [4.69, 9.17) is 0 Å². The standard InChI is InChI=1S/C14H26/c1-2-3-7-12-9-6-10-13-8-4-5-11-14(12)13/h12-14H,2-11H2,1H3/t12-,13-,14+/m1/s1. The minimum Gasteiger partial charge on any atom is -0.0654 e. The SMILES string of the molecule is CCCC[C@@H]1CCC[C@H]2CCCC[C@@H]12. The first-order chi connectivity index (χ1) is 6.92. The molecule has 0 aliphatic heterocycles. The van der Waals surface area contributed by atoms with Crippen molar-refractivity contribution >= 4 is 0 Å². The molecule has 3 atom stereocenters. The first-order valence-electron chi connectivity index (χ1n) is 6.92. The lowest BCUT2D eigenvalue weighted by atomic mass is 9.64. The molecule has 0 aromatic rings. The minimum absolute atomic E-state index is 1.12. The third-order valence-corrected chi connectivity index (χ3v) is 4.65. The van der Waals surface area contributed by atoms with Crippen molar-refractivity contribution in [2.24, 2.45) is 17.8 Å². The van der Waals surface area contributed by atoms with Gasteiger partial charge < -0.3 is 0 Å². The van der Waals surface area contributed by atoms with Crippen molar-refractivity contribution in [3.05, 3.63) is 0 Å². The summed E-state index contributed by atoms with van der Waals surface area (Å²) in [4.78, 5) is 0. The summed E-state index contributed by atoms with van der Waals surface area (Å²) in [5.74, 6) is 3.40. The molecular weight excluding hydrogens is 168 g/mol. The summed E-state index contributed by atoms with van der Waals surface area (Å²) in [5.41, 5.74) is 0. The third-order valence-electron chi connectivity index (χ3n) is 4.65. The highest BCUT2D eigenvalue weighted by Crippen LogP contribution is 2.45. The van der Waals surface area contributed by atoms with E-state index in [1.165, 1.54) is 38.5 Å². The van der Waals surface area contributed by atoms with Gasteiger partial charge in [0.1, 0.15) is 0 Å². The van der Waals surface area contributed by atoms with Crippen molar-refractivity contribution in [2.45, 2.75) is 71.1 Å².